The Morgan fingerprint density at radius 1 is 1.33 bits per heavy atom. The number of ether oxygens (including phenoxy) is 2. The van der Waals surface area contributed by atoms with E-state index in [0.29, 0.717) is 18.7 Å². The van der Waals surface area contributed by atoms with Crippen LogP contribution in [0.4, 0.5) is 0 Å². The quantitative estimate of drug-likeness (QED) is 0.744. The second-order valence-electron chi connectivity index (χ2n) is 5.90. The normalized spacial score (nSPS) is 15.0. The van der Waals surface area contributed by atoms with Gasteiger partial charge in [-0.05, 0) is 44.4 Å². The number of rotatable bonds is 8. The molecule has 0 saturated carbocycles. The van der Waals surface area contributed by atoms with Crippen molar-refractivity contribution in [2.75, 3.05) is 13.3 Å². The molecule has 24 heavy (non-hydrogen) atoms. The predicted octanol–water partition coefficient (Wildman–Crippen LogP) is 1.39. The third-order valence-corrected chi connectivity index (χ3v) is 4.11. The van der Waals surface area contributed by atoms with Crippen LogP contribution in [0.5, 0.6) is 11.5 Å². The summed E-state index contributed by atoms with van der Waals surface area (Å²) in [7, 11) is 0. The van der Waals surface area contributed by atoms with Gasteiger partial charge in [-0.15, -0.1) is 0 Å². The summed E-state index contributed by atoms with van der Waals surface area (Å²) >= 11 is 0. The fourth-order valence-corrected chi connectivity index (χ4v) is 2.82. The van der Waals surface area contributed by atoms with Crippen LogP contribution in [0.3, 0.4) is 0 Å². The molecule has 0 aliphatic carbocycles. The topological polar surface area (TPSA) is 102 Å². The third-order valence-electron chi connectivity index (χ3n) is 4.11. The Morgan fingerprint density at radius 2 is 2.04 bits per heavy atom. The number of fused-ring (bicyclic) bond motifs is 1. The highest BCUT2D eigenvalue weighted by Gasteiger charge is 2.25. The SMILES string of the molecule is CCN(C(=O)[C@@H](N)CCC(=O)O)C(C)Cc1ccc2c(c1)OCO2. The van der Waals surface area contributed by atoms with Crippen molar-refractivity contribution < 1.29 is 24.2 Å². The lowest BCUT2D eigenvalue weighted by atomic mass is 10.0. The first-order chi connectivity index (χ1) is 11.4. The van der Waals surface area contributed by atoms with Crippen molar-refractivity contribution in [3.8, 4) is 11.5 Å². The van der Waals surface area contributed by atoms with Gasteiger partial charge in [-0.25, -0.2) is 0 Å². The van der Waals surface area contributed by atoms with Crippen LogP contribution in [-0.4, -0.2) is 47.3 Å². The van der Waals surface area contributed by atoms with E-state index in [9.17, 15) is 9.59 Å². The summed E-state index contributed by atoms with van der Waals surface area (Å²) < 4.78 is 10.7. The zero-order chi connectivity index (χ0) is 17.7. The lowest BCUT2D eigenvalue weighted by Gasteiger charge is -2.30. The van der Waals surface area contributed by atoms with Crippen molar-refractivity contribution in [2.45, 2.75) is 45.2 Å². The van der Waals surface area contributed by atoms with Crippen LogP contribution in [0.1, 0.15) is 32.3 Å². The molecule has 7 heteroatoms. The van der Waals surface area contributed by atoms with Gasteiger partial charge in [0.2, 0.25) is 12.7 Å². The highest BCUT2D eigenvalue weighted by Crippen LogP contribution is 2.33. The fourth-order valence-electron chi connectivity index (χ4n) is 2.82. The summed E-state index contributed by atoms with van der Waals surface area (Å²) in [5, 5.41) is 8.72. The molecule has 7 nitrogen and oxygen atoms in total. The molecule has 0 fully saturated rings. The van der Waals surface area contributed by atoms with Crippen molar-refractivity contribution in [1.29, 1.82) is 0 Å². The van der Waals surface area contributed by atoms with Crippen molar-refractivity contribution in [3.63, 3.8) is 0 Å². The zero-order valence-corrected chi connectivity index (χ0v) is 14.0. The number of hydrogen-bond donors (Lipinski definition) is 2. The van der Waals surface area contributed by atoms with Gasteiger partial charge < -0.3 is 25.2 Å². The first kappa shape index (κ1) is 18.1. The smallest absolute Gasteiger partial charge is 0.303 e. The monoisotopic (exact) mass is 336 g/mol. The molecule has 1 unspecified atom stereocenters. The Morgan fingerprint density at radius 3 is 2.71 bits per heavy atom. The van der Waals surface area contributed by atoms with E-state index in [1.165, 1.54) is 0 Å². The number of likely N-dealkylation sites (N-methyl/N-ethyl adjacent to an activating group) is 1. The molecule has 1 amide bonds. The van der Waals surface area contributed by atoms with Crippen LogP contribution >= 0.6 is 0 Å². The molecule has 1 aliphatic heterocycles. The number of carboxylic acids is 1. The number of carbonyl (C=O) groups is 2. The Balaban J connectivity index is 1.98. The van der Waals surface area contributed by atoms with Gasteiger partial charge in [0, 0.05) is 19.0 Å². The molecule has 0 aromatic heterocycles. The van der Waals surface area contributed by atoms with E-state index < -0.39 is 12.0 Å². The van der Waals surface area contributed by atoms with Gasteiger partial charge in [0.1, 0.15) is 0 Å². The first-order valence-corrected chi connectivity index (χ1v) is 8.08. The van der Waals surface area contributed by atoms with Gasteiger partial charge >= 0.3 is 5.97 Å². The van der Waals surface area contributed by atoms with E-state index >= 15 is 0 Å². The van der Waals surface area contributed by atoms with Gasteiger partial charge in [-0.3, -0.25) is 9.59 Å². The molecule has 1 aliphatic rings. The largest absolute Gasteiger partial charge is 0.481 e. The maximum atomic E-state index is 12.5. The number of carboxylic acid groups (broad SMARTS) is 1. The van der Waals surface area contributed by atoms with Crippen molar-refractivity contribution >= 4 is 11.9 Å². The number of nitrogens with two attached hydrogens (primary N) is 1. The molecular weight excluding hydrogens is 312 g/mol. The molecule has 1 heterocycles. The Kier molecular flexibility index (Phi) is 6.03. The lowest BCUT2D eigenvalue weighted by molar-refractivity contribution is -0.138. The molecular formula is C17H24N2O5. The first-order valence-electron chi connectivity index (χ1n) is 8.08. The maximum Gasteiger partial charge on any atom is 0.303 e. The minimum Gasteiger partial charge on any atom is -0.481 e. The van der Waals surface area contributed by atoms with Crippen LogP contribution in [0.25, 0.3) is 0 Å². The van der Waals surface area contributed by atoms with Crippen LogP contribution in [0.2, 0.25) is 0 Å². The standard InChI is InChI=1S/C17H24N2O5/c1-3-19(17(22)13(18)5-7-16(20)21)11(2)8-12-4-6-14-15(9-12)24-10-23-14/h4,6,9,11,13H,3,5,7-8,10,18H2,1-2H3,(H,20,21)/t11?,13-/m0/s1. The maximum absolute atomic E-state index is 12.5. The van der Waals surface area contributed by atoms with Gasteiger partial charge in [-0.1, -0.05) is 6.07 Å². The number of aliphatic carboxylic acids is 1. The Hall–Kier alpha value is -2.28. The van der Waals surface area contributed by atoms with Gasteiger partial charge in [0.15, 0.2) is 11.5 Å². The highest BCUT2D eigenvalue weighted by molar-refractivity contribution is 5.82. The molecule has 0 bridgehead atoms. The summed E-state index contributed by atoms with van der Waals surface area (Å²) in [6.07, 6.45) is 0.685. The molecule has 0 saturated heterocycles. The van der Waals surface area contributed by atoms with E-state index in [1.54, 1.807) is 4.90 Å². The minimum atomic E-state index is -0.949. The lowest BCUT2D eigenvalue weighted by Crippen LogP contribution is -2.48. The number of amides is 1. The van der Waals surface area contributed by atoms with E-state index in [0.717, 1.165) is 11.3 Å². The van der Waals surface area contributed by atoms with Crippen LogP contribution in [0.15, 0.2) is 18.2 Å². The van der Waals surface area contributed by atoms with Gasteiger partial charge in [0.05, 0.1) is 6.04 Å². The molecule has 0 radical (unpaired) electrons. The number of benzene rings is 1. The van der Waals surface area contributed by atoms with Crippen molar-refractivity contribution in [2.24, 2.45) is 5.73 Å². The number of nitrogens with zero attached hydrogens (tertiary/aromatic N) is 1. The molecule has 1 aromatic rings. The zero-order valence-electron chi connectivity index (χ0n) is 14.0. The van der Waals surface area contributed by atoms with Crippen LogP contribution in [0, 0.1) is 0 Å². The van der Waals surface area contributed by atoms with E-state index in [1.807, 2.05) is 32.0 Å². The van der Waals surface area contributed by atoms with Crippen molar-refractivity contribution in [3.05, 3.63) is 23.8 Å². The molecule has 3 N–H and O–H groups in total. The summed E-state index contributed by atoms with van der Waals surface area (Å²) in [6, 6.07) is 4.88. The minimum absolute atomic E-state index is 0.0567. The average Bonchev–Trinajstić information content (AvgIpc) is 3.00. The Bertz CT molecular complexity index is 605. The summed E-state index contributed by atoms with van der Waals surface area (Å²) in [5.41, 5.74) is 6.89. The molecule has 1 aromatic carbocycles. The number of carbonyl (C=O) groups excluding carboxylic acids is 1. The average molecular weight is 336 g/mol. The molecule has 132 valence electrons. The molecule has 2 rings (SSSR count). The molecule has 0 spiro atoms. The third kappa shape index (κ3) is 4.38. The van der Waals surface area contributed by atoms with Crippen LogP contribution < -0.4 is 15.2 Å². The van der Waals surface area contributed by atoms with Gasteiger partial charge in [0.25, 0.3) is 0 Å². The summed E-state index contributed by atoms with van der Waals surface area (Å²) in [4.78, 5) is 24.8. The molecule has 2 atom stereocenters. The van der Waals surface area contributed by atoms with E-state index in [4.69, 9.17) is 20.3 Å². The van der Waals surface area contributed by atoms with Gasteiger partial charge in [-0.2, -0.15) is 0 Å². The fraction of sp³-hybridized carbons (Fsp3) is 0.529. The van der Waals surface area contributed by atoms with Crippen molar-refractivity contribution in [1.82, 2.24) is 4.90 Å². The summed E-state index contributed by atoms with van der Waals surface area (Å²) in [5.74, 6) is 0.277. The Labute approximate surface area is 141 Å². The second-order valence-corrected chi connectivity index (χ2v) is 5.90. The highest BCUT2D eigenvalue weighted by atomic mass is 16.7. The number of hydrogen-bond acceptors (Lipinski definition) is 5. The predicted molar refractivity (Wildman–Crippen MR) is 88.0 cm³/mol. The summed E-state index contributed by atoms with van der Waals surface area (Å²) in [6.45, 7) is 4.59. The van der Waals surface area contributed by atoms with E-state index in [-0.39, 0.29) is 31.6 Å². The second kappa shape index (κ2) is 8.01. The van der Waals surface area contributed by atoms with Crippen LogP contribution in [-0.2, 0) is 16.0 Å². The van der Waals surface area contributed by atoms with E-state index in [2.05, 4.69) is 0 Å².